The molecule has 2 N–H and O–H groups in total. The molecule has 0 bridgehead atoms. The molecule has 0 aliphatic heterocycles. The monoisotopic (exact) mass is 248 g/mol. The zero-order valence-corrected chi connectivity index (χ0v) is 10.5. The van der Waals surface area contributed by atoms with E-state index in [0.717, 1.165) is 6.42 Å². The largest absolute Gasteiger partial charge is 0.476 e. The maximum atomic E-state index is 5.77. The Morgan fingerprint density at radius 1 is 1.39 bits per heavy atom. The maximum Gasteiger partial charge on any atom is 0.240 e. The summed E-state index contributed by atoms with van der Waals surface area (Å²) in [6, 6.07) is 3.41. The van der Waals surface area contributed by atoms with E-state index in [1.165, 1.54) is 0 Å². The van der Waals surface area contributed by atoms with E-state index in [0.29, 0.717) is 29.8 Å². The predicted molar refractivity (Wildman–Crippen MR) is 67.7 cm³/mol. The third-order valence-electron chi connectivity index (χ3n) is 2.21. The molecule has 0 fully saturated rings. The number of ether oxygens (including phenoxy) is 2. The minimum absolute atomic E-state index is 0.401. The normalized spacial score (nSPS) is 10.3. The molecule has 6 heteroatoms. The van der Waals surface area contributed by atoms with Crippen LogP contribution in [-0.2, 0) is 7.05 Å². The van der Waals surface area contributed by atoms with Crippen LogP contribution in [0.4, 0.5) is 5.69 Å². The fraction of sp³-hybridized carbons (Fsp3) is 0.333. The number of hydrogen-bond acceptors (Lipinski definition) is 5. The van der Waals surface area contributed by atoms with Gasteiger partial charge in [-0.15, -0.1) is 0 Å². The maximum absolute atomic E-state index is 5.77. The fourth-order valence-electron chi connectivity index (χ4n) is 1.38. The molecule has 0 atom stereocenters. The molecule has 0 aliphatic carbocycles. The summed E-state index contributed by atoms with van der Waals surface area (Å²) in [6.45, 7) is 2.60. The lowest BCUT2D eigenvalue weighted by Crippen LogP contribution is -2.02. The van der Waals surface area contributed by atoms with Gasteiger partial charge in [0.15, 0.2) is 5.75 Å². The first-order valence-corrected chi connectivity index (χ1v) is 5.75. The molecule has 18 heavy (non-hydrogen) atoms. The molecule has 0 amide bonds. The quantitative estimate of drug-likeness (QED) is 0.875. The van der Waals surface area contributed by atoms with Gasteiger partial charge in [0.2, 0.25) is 11.8 Å². The number of aromatic nitrogens is 3. The number of hydrogen-bond donors (Lipinski definition) is 1. The Balaban J connectivity index is 2.13. The second kappa shape index (κ2) is 5.39. The summed E-state index contributed by atoms with van der Waals surface area (Å²) in [5.41, 5.74) is 6.27. The molecule has 0 aromatic carbocycles. The Morgan fingerprint density at radius 3 is 2.89 bits per heavy atom. The number of aryl methyl sites for hydroxylation is 1. The van der Waals surface area contributed by atoms with Gasteiger partial charge in [0.05, 0.1) is 24.7 Å². The van der Waals surface area contributed by atoms with E-state index in [9.17, 15) is 0 Å². The van der Waals surface area contributed by atoms with Crippen molar-refractivity contribution < 1.29 is 9.47 Å². The molecule has 6 nitrogen and oxygen atoms in total. The number of nitrogen functional groups attached to an aromatic ring is 1. The van der Waals surface area contributed by atoms with Crippen molar-refractivity contribution in [2.45, 2.75) is 13.3 Å². The second-order valence-electron chi connectivity index (χ2n) is 3.84. The van der Waals surface area contributed by atoms with Gasteiger partial charge in [0.25, 0.3) is 0 Å². The molecule has 2 rings (SSSR count). The van der Waals surface area contributed by atoms with Gasteiger partial charge in [-0.1, -0.05) is 6.92 Å². The highest BCUT2D eigenvalue weighted by Gasteiger charge is 2.06. The highest BCUT2D eigenvalue weighted by atomic mass is 16.5. The molecular formula is C12H16N4O2. The molecule has 2 aromatic heterocycles. The Kier molecular flexibility index (Phi) is 3.66. The van der Waals surface area contributed by atoms with Crippen molar-refractivity contribution in [3.05, 3.63) is 24.5 Å². The lowest BCUT2D eigenvalue weighted by atomic mass is 10.4. The first-order valence-electron chi connectivity index (χ1n) is 5.75. The van der Waals surface area contributed by atoms with Crippen LogP contribution in [0.5, 0.6) is 17.5 Å². The van der Waals surface area contributed by atoms with Crippen molar-refractivity contribution in [3.8, 4) is 17.5 Å². The fourth-order valence-corrected chi connectivity index (χ4v) is 1.38. The third-order valence-corrected chi connectivity index (χ3v) is 2.21. The van der Waals surface area contributed by atoms with Crippen LogP contribution in [0.1, 0.15) is 13.3 Å². The molecule has 96 valence electrons. The van der Waals surface area contributed by atoms with Gasteiger partial charge in [-0.2, -0.15) is 10.1 Å². The number of nitrogens with zero attached hydrogens (tertiary/aromatic N) is 3. The van der Waals surface area contributed by atoms with Crippen LogP contribution in [-0.4, -0.2) is 21.4 Å². The van der Waals surface area contributed by atoms with Gasteiger partial charge in [-0.25, -0.2) is 0 Å². The van der Waals surface area contributed by atoms with Gasteiger partial charge in [-0.3, -0.25) is 4.68 Å². The molecule has 0 aliphatic rings. The first-order chi connectivity index (χ1) is 8.69. The van der Waals surface area contributed by atoms with Crippen molar-refractivity contribution in [2.24, 2.45) is 7.05 Å². The molecule has 2 aromatic rings. The SMILES string of the molecule is CCCOc1nc(Oc2cnn(C)c2)ccc1N. The number of pyridine rings is 1. The van der Waals surface area contributed by atoms with Crippen molar-refractivity contribution in [3.63, 3.8) is 0 Å². The van der Waals surface area contributed by atoms with Crippen molar-refractivity contribution in [2.75, 3.05) is 12.3 Å². The minimum atomic E-state index is 0.401. The lowest BCUT2D eigenvalue weighted by Gasteiger charge is -2.08. The predicted octanol–water partition coefficient (Wildman–Crippen LogP) is 1.98. The van der Waals surface area contributed by atoms with E-state index < -0.39 is 0 Å². The summed E-state index contributed by atoms with van der Waals surface area (Å²) in [4.78, 5) is 4.21. The van der Waals surface area contributed by atoms with Gasteiger partial charge in [0, 0.05) is 13.1 Å². The van der Waals surface area contributed by atoms with E-state index >= 15 is 0 Å². The smallest absolute Gasteiger partial charge is 0.240 e. The van der Waals surface area contributed by atoms with Crippen LogP contribution >= 0.6 is 0 Å². The molecule has 0 radical (unpaired) electrons. The van der Waals surface area contributed by atoms with E-state index in [2.05, 4.69) is 10.1 Å². The van der Waals surface area contributed by atoms with Crippen molar-refractivity contribution in [1.82, 2.24) is 14.8 Å². The van der Waals surface area contributed by atoms with E-state index in [1.807, 2.05) is 14.0 Å². The molecule has 0 saturated carbocycles. The van der Waals surface area contributed by atoms with Gasteiger partial charge in [-0.05, 0) is 12.5 Å². The van der Waals surface area contributed by atoms with Crippen LogP contribution in [0.3, 0.4) is 0 Å². The highest BCUT2D eigenvalue weighted by Crippen LogP contribution is 2.25. The van der Waals surface area contributed by atoms with Gasteiger partial charge in [0.1, 0.15) is 0 Å². The summed E-state index contributed by atoms with van der Waals surface area (Å²) < 4.78 is 12.6. The van der Waals surface area contributed by atoms with E-state index in [4.69, 9.17) is 15.2 Å². The summed E-state index contributed by atoms with van der Waals surface area (Å²) in [6.07, 6.45) is 4.27. The molecule has 2 heterocycles. The molecule has 0 saturated heterocycles. The number of rotatable bonds is 5. The number of anilines is 1. The van der Waals surface area contributed by atoms with Crippen LogP contribution < -0.4 is 15.2 Å². The Labute approximate surface area is 105 Å². The Hall–Kier alpha value is -2.24. The average molecular weight is 248 g/mol. The molecule has 0 unspecified atom stereocenters. The van der Waals surface area contributed by atoms with Crippen molar-refractivity contribution in [1.29, 1.82) is 0 Å². The average Bonchev–Trinajstić information content (AvgIpc) is 2.75. The topological polar surface area (TPSA) is 75.2 Å². The standard InChI is InChI=1S/C12H16N4O2/c1-3-6-17-12-10(13)4-5-11(15-12)18-9-7-14-16(2)8-9/h4-5,7-8H,3,6,13H2,1-2H3. The third kappa shape index (κ3) is 2.91. The Bertz CT molecular complexity index is 525. The lowest BCUT2D eigenvalue weighted by molar-refractivity contribution is 0.302. The van der Waals surface area contributed by atoms with Crippen LogP contribution in [0, 0.1) is 0 Å². The summed E-state index contributed by atoms with van der Waals surface area (Å²) >= 11 is 0. The van der Waals surface area contributed by atoms with E-state index in [-0.39, 0.29) is 0 Å². The summed E-state index contributed by atoms with van der Waals surface area (Å²) in [5, 5.41) is 4.01. The molecule has 0 spiro atoms. The van der Waals surface area contributed by atoms with Crippen LogP contribution in [0.15, 0.2) is 24.5 Å². The summed E-state index contributed by atoms with van der Waals surface area (Å²) in [5.74, 6) is 1.46. The van der Waals surface area contributed by atoms with Gasteiger partial charge < -0.3 is 15.2 Å². The highest BCUT2D eigenvalue weighted by molar-refractivity contribution is 5.49. The van der Waals surface area contributed by atoms with Crippen molar-refractivity contribution >= 4 is 5.69 Å². The summed E-state index contributed by atoms with van der Waals surface area (Å²) in [7, 11) is 1.82. The molecular weight excluding hydrogens is 232 g/mol. The zero-order chi connectivity index (χ0) is 13.0. The van der Waals surface area contributed by atoms with Crippen LogP contribution in [0.25, 0.3) is 0 Å². The van der Waals surface area contributed by atoms with Crippen LogP contribution in [0.2, 0.25) is 0 Å². The first kappa shape index (κ1) is 12.2. The second-order valence-corrected chi connectivity index (χ2v) is 3.84. The Morgan fingerprint density at radius 2 is 2.22 bits per heavy atom. The van der Waals surface area contributed by atoms with Gasteiger partial charge >= 0.3 is 0 Å². The zero-order valence-electron chi connectivity index (χ0n) is 10.5. The number of nitrogens with two attached hydrogens (primary N) is 1. The van der Waals surface area contributed by atoms with E-state index in [1.54, 1.807) is 29.2 Å². The minimum Gasteiger partial charge on any atom is -0.476 e.